The lowest BCUT2D eigenvalue weighted by atomic mass is 9.98. The Morgan fingerprint density at radius 3 is 2.59 bits per heavy atom. The van der Waals surface area contributed by atoms with Crippen molar-refractivity contribution in [2.45, 2.75) is 64.5 Å². The molecule has 1 fully saturated rings. The Bertz CT molecular complexity index is 1280. The molecule has 1 aliphatic heterocycles. The zero-order chi connectivity index (χ0) is 28.0. The van der Waals surface area contributed by atoms with Crippen LogP contribution in [0.5, 0.6) is 0 Å². The van der Waals surface area contributed by atoms with Crippen molar-refractivity contribution < 1.29 is 32.5 Å². The molecule has 0 aliphatic carbocycles. The van der Waals surface area contributed by atoms with E-state index in [0.29, 0.717) is 37.8 Å². The molecular formula is C27H32FN5O6. The predicted molar refractivity (Wildman–Crippen MR) is 136 cm³/mol. The Kier molecular flexibility index (Phi) is 8.72. The van der Waals surface area contributed by atoms with Gasteiger partial charge in [-0.3, -0.25) is 9.59 Å². The monoisotopic (exact) mass is 541 g/mol. The van der Waals surface area contributed by atoms with E-state index in [1.54, 1.807) is 32.9 Å². The molecule has 1 unspecified atom stereocenters. The van der Waals surface area contributed by atoms with Crippen molar-refractivity contribution >= 4 is 17.8 Å². The zero-order valence-electron chi connectivity index (χ0n) is 22.2. The molecule has 1 aromatic carbocycles. The van der Waals surface area contributed by atoms with Gasteiger partial charge in [-0.05, 0) is 45.7 Å². The number of likely N-dealkylation sites (tertiary alicyclic amines) is 1. The van der Waals surface area contributed by atoms with Crippen LogP contribution in [-0.4, -0.2) is 56.7 Å². The Morgan fingerprint density at radius 2 is 1.90 bits per heavy atom. The maximum Gasteiger partial charge on any atom is 0.410 e. The van der Waals surface area contributed by atoms with Crippen molar-refractivity contribution in [1.82, 2.24) is 25.6 Å². The zero-order valence-corrected chi connectivity index (χ0v) is 22.2. The van der Waals surface area contributed by atoms with Crippen LogP contribution in [0.3, 0.4) is 0 Å². The second-order valence-electron chi connectivity index (χ2n) is 10.5. The summed E-state index contributed by atoms with van der Waals surface area (Å²) in [5, 5.41) is 14.7. The van der Waals surface area contributed by atoms with Crippen molar-refractivity contribution in [2.75, 3.05) is 13.1 Å². The number of halogens is 1. The molecule has 11 nitrogen and oxygen atoms in total. The number of Topliss-reactive ketones (excluding diaryl/α,β-unsaturated/α-hetero) is 1. The Balaban J connectivity index is 1.35. The molecule has 0 radical (unpaired) electrons. The van der Waals surface area contributed by atoms with Crippen molar-refractivity contribution in [1.29, 1.82) is 0 Å². The van der Waals surface area contributed by atoms with Crippen LogP contribution in [0, 0.1) is 11.7 Å². The molecule has 2 amide bonds. The Hall–Kier alpha value is -4.09. The van der Waals surface area contributed by atoms with Crippen molar-refractivity contribution in [3.63, 3.8) is 0 Å². The van der Waals surface area contributed by atoms with Crippen molar-refractivity contribution in [2.24, 2.45) is 5.92 Å². The van der Waals surface area contributed by atoms with Gasteiger partial charge in [0.2, 0.25) is 11.8 Å². The van der Waals surface area contributed by atoms with E-state index in [0.717, 1.165) is 0 Å². The van der Waals surface area contributed by atoms with Crippen LogP contribution < -0.4 is 5.32 Å². The van der Waals surface area contributed by atoms with Gasteiger partial charge in [0.1, 0.15) is 29.4 Å². The lowest BCUT2D eigenvalue weighted by Gasteiger charge is -2.39. The minimum absolute atomic E-state index is 0.0142. The van der Waals surface area contributed by atoms with Gasteiger partial charge in [-0.1, -0.05) is 30.1 Å². The van der Waals surface area contributed by atoms with Crippen LogP contribution in [0.1, 0.15) is 75.3 Å². The number of carbonyl (C=O) groups is 3. The molecule has 39 heavy (non-hydrogen) atoms. The van der Waals surface area contributed by atoms with E-state index >= 15 is 0 Å². The first-order valence-electron chi connectivity index (χ1n) is 12.9. The summed E-state index contributed by atoms with van der Waals surface area (Å²) in [6.07, 6.45) is 3.67. The van der Waals surface area contributed by atoms with E-state index in [9.17, 15) is 18.8 Å². The standard InChI is InChI=1S/C27H32FN5O6/c1-27(2,3)39-26(36)33-15-17(16-33)23(35)29-21(11-5-4-6-12-22(34)20-13-14-37-32-20)25-31-30-24(38-25)18-9-7-8-10-19(18)28/h7-10,13-14,17,21H,4-6,11-12,15-16H2,1-3H3,(H,29,35). The van der Waals surface area contributed by atoms with Crippen molar-refractivity contribution in [3.05, 3.63) is 54.0 Å². The number of amides is 2. The number of rotatable bonds is 11. The summed E-state index contributed by atoms with van der Waals surface area (Å²) in [6, 6.07) is 6.96. The number of ketones is 1. The molecule has 2 aromatic heterocycles. The van der Waals surface area contributed by atoms with Crippen LogP contribution in [0.25, 0.3) is 11.5 Å². The summed E-state index contributed by atoms with van der Waals surface area (Å²) < 4.78 is 30.1. The van der Waals surface area contributed by atoms with E-state index in [1.165, 1.54) is 29.4 Å². The molecule has 12 heteroatoms. The summed E-state index contributed by atoms with van der Waals surface area (Å²) in [6.45, 7) is 5.82. The molecule has 0 spiro atoms. The average Bonchev–Trinajstić information content (AvgIpc) is 3.54. The highest BCUT2D eigenvalue weighted by molar-refractivity contribution is 5.93. The summed E-state index contributed by atoms with van der Waals surface area (Å²) in [4.78, 5) is 38.8. The number of nitrogens with one attached hydrogen (secondary N) is 1. The summed E-state index contributed by atoms with van der Waals surface area (Å²) in [7, 11) is 0. The molecule has 208 valence electrons. The Labute approximate surface area is 225 Å². The smallest absolute Gasteiger partial charge is 0.410 e. The number of hydrogen-bond donors (Lipinski definition) is 1. The minimum Gasteiger partial charge on any atom is -0.444 e. The fraction of sp³-hybridized carbons (Fsp3) is 0.481. The second kappa shape index (κ2) is 12.2. The Morgan fingerprint density at radius 1 is 1.13 bits per heavy atom. The highest BCUT2D eigenvalue weighted by Gasteiger charge is 2.39. The SMILES string of the molecule is CC(C)(C)OC(=O)N1CC(C(=O)NC(CCCCCC(=O)c2ccon2)c2nnc(-c3ccccc3F)o2)C1. The molecule has 1 atom stereocenters. The maximum absolute atomic E-state index is 14.2. The summed E-state index contributed by atoms with van der Waals surface area (Å²) in [5.41, 5.74) is -0.157. The van der Waals surface area contributed by atoms with Gasteiger partial charge in [-0.15, -0.1) is 10.2 Å². The molecule has 1 saturated heterocycles. The number of ether oxygens (including phenoxy) is 1. The van der Waals surface area contributed by atoms with E-state index < -0.39 is 29.5 Å². The third-order valence-electron chi connectivity index (χ3n) is 6.18. The van der Waals surface area contributed by atoms with Gasteiger partial charge >= 0.3 is 6.09 Å². The molecule has 4 rings (SSSR count). The van der Waals surface area contributed by atoms with Gasteiger partial charge in [-0.2, -0.15) is 0 Å². The van der Waals surface area contributed by atoms with Crippen LogP contribution in [0.2, 0.25) is 0 Å². The molecular weight excluding hydrogens is 509 g/mol. The topological polar surface area (TPSA) is 141 Å². The van der Waals surface area contributed by atoms with E-state index in [2.05, 4.69) is 20.7 Å². The molecule has 0 bridgehead atoms. The molecule has 1 aliphatic rings. The number of unbranched alkanes of at least 4 members (excludes halogenated alkanes) is 2. The van der Waals surface area contributed by atoms with E-state index in [4.69, 9.17) is 13.7 Å². The first-order valence-corrected chi connectivity index (χ1v) is 12.9. The van der Waals surface area contributed by atoms with Gasteiger partial charge in [0.25, 0.3) is 5.89 Å². The summed E-state index contributed by atoms with van der Waals surface area (Å²) >= 11 is 0. The highest BCUT2D eigenvalue weighted by Crippen LogP contribution is 2.27. The quantitative estimate of drug-likeness (QED) is 0.270. The number of nitrogens with zero attached hydrogens (tertiary/aromatic N) is 4. The van der Waals surface area contributed by atoms with Gasteiger partial charge in [0.15, 0.2) is 5.78 Å². The van der Waals surface area contributed by atoms with Gasteiger partial charge in [0.05, 0.1) is 11.5 Å². The van der Waals surface area contributed by atoms with Crippen LogP contribution in [0.15, 0.2) is 45.5 Å². The number of aromatic nitrogens is 3. The first-order chi connectivity index (χ1) is 18.6. The lowest BCUT2D eigenvalue weighted by molar-refractivity contribution is -0.130. The third kappa shape index (κ3) is 7.49. The van der Waals surface area contributed by atoms with E-state index in [-0.39, 0.29) is 42.1 Å². The van der Waals surface area contributed by atoms with Crippen LogP contribution in [0.4, 0.5) is 9.18 Å². The molecule has 3 aromatic rings. The van der Waals surface area contributed by atoms with Crippen LogP contribution in [-0.2, 0) is 9.53 Å². The minimum atomic E-state index is -0.622. The highest BCUT2D eigenvalue weighted by atomic mass is 19.1. The maximum atomic E-state index is 14.2. The second-order valence-corrected chi connectivity index (χ2v) is 10.5. The molecule has 1 N–H and O–H groups in total. The lowest BCUT2D eigenvalue weighted by Crippen LogP contribution is -2.57. The van der Waals surface area contributed by atoms with Crippen LogP contribution >= 0.6 is 0 Å². The van der Waals surface area contributed by atoms with E-state index in [1.807, 2.05) is 0 Å². The largest absolute Gasteiger partial charge is 0.444 e. The third-order valence-corrected chi connectivity index (χ3v) is 6.18. The fourth-order valence-corrected chi connectivity index (χ4v) is 4.08. The van der Waals surface area contributed by atoms with Gasteiger partial charge in [0, 0.05) is 25.6 Å². The predicted octanol–water partition coefficient (Wildman–Crippen LogP) is 4.72. The number of carbonyl (C=O) groups excluding carboxylic acids is 3. The number of hydrogen-bond acceptors (Lipinski definition) is 9. The number of benzene rings is 1. The van der Waals surface area contributed by atoms with Crippen molar-refractivity contribution in [3.8, 4) is 11.5 Å². The summed E-state index contributed by atoms with van der Waals surface area (Å²) in [5.74, 6) is -1.09. The van der Waals surface area contributed by atoms with Gasteiger partial charge < -0.3 is 23.9 Å². The first kappa shape index (κ1) is 27.9. The van der Waals surface area contributed by atoms with Gasteiger partial charge in [-0.25, -0.2) is 9.18 Å². The average molecular weight is 542 g/mol. The fourth-order valence-electron chi connectivity index (χ4n) is 4.08. The molecule has 3 heterocycles. The molecule has 0 saturated carbocycles. The normalized spacial score (nSPS) is 14.5.